The lowest BCUT2D eigenvalue weighted by molar-refractivity contribution is -0.135. The zero-order valence-corrected chi connectivity index (χ0v) is 12.7. The number of nitrogens with two attached hydrogens (primary N) is 1. The Morgan fingerprint density at radius 2 is 1.86 bits per heavy atom. The molecule has 0 atom stereocenters. The van der Waals surface area contributed by atoms with E-state index >= 15 is 0 Å². The molecule has 1 aromatic heterocycles. The highest BCUT2D eigenvalue weighted by Crippen LogP contribution is 2.26. The maximum atomic E-state index is 12.4. The van der Waals surface area contributed by atoms with Crippen molar-refractivity contribution in [2.24, 2.45) is 5.92 Å². The van der Waals surface area contributed by atoms with E-state index in [2.05, 4.69) is 14.9 Å². The molecule has 1 amide bonds. The van der Waals surface area contributed by atoms with Gasteiger partial charge in [0.15, 0.2) is 0 Å². The monoisotopic (exact) mass is 309 g/mol. The van der Waals surface area contributed by atoms with Crippen LogP contribution in [-0.4, -0.2) is 47.0 Å². The number of nitrogen functional groups attached to an aromatic ring is 1. The fourth-order valence-electron chi connectivity index (χ4n) is 3.14. The molecule has 2 aliphatic heterocycles. The zero-order valence-electron chi connectivity index (χ0n) is 12.0. The van der Waals surface area contributed by atoms with E-state index in [9.17, 15) is 4.79 Å². The average molecular weight is 310 g/mol. The number of nitrogens with zero attached hydrogens (tertiary/aromatic N) is 4. The summed E-state index contributed by atoms with van der Waals surface area (Å²) in [5.41, 5.74) is 5.63. The lowest BCUT2D eigenvalue weighted by Crippen LogP contribution is -2.42. The number of hydrogen-bond acceptors (Lipinski definition) is 5. The van der Waals surface area contributed by atoms with Crippen molar-refractivity contribution in [2.75, 3.05) is 36.8 Å². The van der Waals surface area contributed by atoms with Crippen LogP contribution in [0, 0.1) is 5.92 Å². The quantitative estimate of drug-likeness (QED) is 0.839. The number of carbonyl (C=O) groups excluding carboxylic acids is 1. The van der Waals surface area contributed by atoms with Gasteiger partial charge in [-0.3, -0.25) is 4.79 Å². The molecule has 2 fully saturated rings. The Kier molecular flexibility index (Phi) is 4.14. The Morgan fingerprint density at radius 3 is 2.48 bits per heavy atom. The number of halogens is 1. The molecular formula is C14H20ClN5O. The molecule has 0 bridgehead atoms. The van der Waals surface area contributed by atoms with Gasteiger partial charge in [-0.15, -0.1) is 0 Å². The van der Waals surface area contributed by atoms with Crippen molar-refractivity contribution in [1.29, 1.82) is 0 Å². The Bertz CT molecular complexity index is 504. The summed E-state index contributed by atoms with van der Waals surface area (Å²) in [7, 11) is 0. The van der Waals surface area contributed by atoms with Gasteiger partial charge in [0.05, 0.1) is 0 Å². The van der Waals surface area contributed by atoms with Crippen molar-refractivity contribution in [2.45, 2.75) is 25.7 Å². The molecule has 0 unspecified atom stereocenters. The number of likely N-dealkylation sites (tertiary alicyclic amines) is 1. The molecular weight excluding hydrogens is 290 g/mol. The fraction of sp³-hybridized carbons (Fsp3) is 0.643. The molecule has 0 aromatic carbocycles. The van der Waals surface area contributed by atoms with E-state index in [4.69, 9.17) is 17.3 Å². The molecule has 0 saturated carbocycles. The van der Waals surface area contributed by atoms with Gasteiger partial charge in [-0.25, -0.2) is 4.98 Å². The van der Waals surface area contributed by atoms with Crippen LogP contribution in [-0.2, 0) is 4.79 Å². The van der Waals surface area contributed by atoms with Gasteiger partial charge in [-0.05, 0) is 25.7 Å². The Hall–Kier alpha value is -1.56. The van der Waals surface area contributed by atoms with E-state index in [0.717, 1.165) is 57.7 Å². The Morgan fingerprint density at radius 1 is 1.19 bits per heavy atom. The number of amides is 1. The average Bonchev–Trinajstić information content (AvgIpc) is 3.00. The summed E-state index contributed by atoms with van der Waals surface area (Å²) in [6.07, 6.45) is 4.00. The minimum absolute atomic E-state index is 0.147. The number of aromatic nitrogens is 2. The molecule has 6 nitrogen and oxygen atoms in total. The third-order valence-corrected chi connectivity index (χ3v) is 4.48. The van der Waals surface area contributed by atoms with Gasteiger partial charge in [0.2, 0.25) is 11.9 Å². The summed E-state index contributed by atoms with van der Waals surface area (Å²) < 4.78 is 0. The van der Waals surface area contributed by atoms with Crippen LogP contribution < -0.4 is 10.6 Å². The summed E-state index contributed by atoms with van der Waals surface area (Å²) in [5, 5.41) is 0.354. The van der Waals surface area contributed by atoms with Crippen LogP contribution in [0.3, 0.4) is 0 Å². The van der Waals surface area contributed by atoms with Crippen molar-refractivity contribution in [1.82, 2.24) is 14.9 Å². The van der Waals surface area contributed by atoms with E-state index in [1.807, 2.05) is 4.90 Å². The summed E-state index contributed by atoms with van der Waals surface area (Å²) >= 11 is 5.92. The van der Waals surface area contributed by atoms with Crippen LogP contribution in [0.25, 0.3) is 0 Å². The van der Waals surface area contributed by atoms with Gasteiger partial charge in [-0.2, -0.15) is 4.98 Å². The molecule has 0 aliphatic carbocycles. The van der Waals surface area contributed by atoms with E-state index in [-0.39, 0.29) is 11.9 Å². The summed E-state index contributed by atoms with van der Waals surface area (Å²) in [6.45, 7) is 3.46. The maximum Gasteiger partial charge on any atom is 0.225 e. The van der Waals surface area contributed by atoms with Crippen LogP contribution in [0.1, 0.15) is 25.7 Å². The number of carbonyl (C=O) groups is 1. The molecule has 3 rings (SSSR count). The first-order chi connectivity index (χ1) is 10.1. The van der Waals surface area contributed by atoms with E-state index in [1.165, 1.54) is 0 Å². The van der Waals surface area contributed by atoms with Crippen LogP contribution in [0.2, 0.25) is 5.15 Å². The van der Waals surface area contributed by atoms with Crippen LogP contribution >= 0.6 is 11.6 Å². The van der Waals surface area contributed by atoms with Gasteiger partial charge in [-0.1, -0.05) is 11.6 Å². The first-order valence-corrected chi connectivity index (χ1v) is 7.85. The van der Waals surface area contributed by atoms with E-state index < -0.39 is 0 Å². The van der Waals surface area contributed by atoms with E-state index in [1.54, 1.807) is 6.07 Å². The van der Waals surface area contributed by atoms with E-state index in [0.29, 0.717) is 11.1 Å². The minimum Gasteiger partial charge on any atom is -0.368 e. The minimum atomic E-state index is 0.147. The second-order valence-electron chi connectivity index (χ2n) is 5.70. The Balaban J connectivity index is 1.60. The molecule has 2 saturated heterocycles. The lowest BCUT2D eigenvalue weighted by Gasteiger charge is -2.33. The Labute approximate surface area is 129 Å². The number of anilines is 2. The van der Waals surface area contributed by atoms with Crippen LogP contribution in [0.4, 0.5) is 11.8 Å². The summed E-state index contributed by atoms with van der Waals surface area (Å²) in [6, 6.07) is 1.72. The van der Waals surface area contributed by atoms with Crippen LogP contribution in [0.15, 0.2) is 6.07 Å². The summed E-state index contributed by atoms with van der Waals surface area (Å²) in [5.74, 6) is 1.41. The topological polar surface area (TPSA) is 75.3 Å². The van der Waals surface area contributed by atoms with Gasteiger partial charge < -0.3 is 15.5 Å². The molecule has 7 heteroatoms. The second kappa shape index (κ2) is 6.05. The SMILES string of the molecule is Nc1nc(Cl)cc(N2CCC(C(=O)N3CCCC3)CC2)n1. The molecule has 2 N–H and O–H groups in total. The zero-order chi connectivity index (χ0) is 14.8. The number of hydrogen-bond donors (Lipinski definition) is 1. The lowest BCUT2D eigenvalue weighted by atomic mass is 9.95. The number of piperidine rings is 1. The first-order valence-electron chi connectivity index (χ1n) is 7.47. The smallest absolute Gasteiger partial charge is 0.225 e. The molecule has 2 aliphatic rings. The van der Waals surface area contributed by atoms with Crippen molar-refractivity contribution in [3.8, 4) is 0 Å². The van der Waals surface area contributed by atoms with Crippen LogP contribution in [0.5, 0.6) is 0 Å². The molecule has 1 aromatic rings. The standard InChI is InChI=1S/C14H20ClN5O/c15-11-9-12(18-14(16)17-11)19-7-3-10(4-8-19)13(21)20-5-1-2-6-20/h9-10H,1-8H2,(H2,16,17,18). The highest BCUT2D eigenvalue weighted by molar-refractivity contribution is 6.29. The third-order valence-electron chi connectivity index (χ3n) is 4.28. The van der Waals surface area contributed by atoms with Crippen molar-refractivity contribution in [3.63, 3.8) is 0 Å². The fourth-order valence-corrected chi connectivity index (χ4v) is 3.32. The third kappa shape index (κ3) is 3.20. The van der Waals surface area contributed by atoms with Crippen molar-refractivity contribution >= 4 is 29.3 Å². The van der Waals surface area contributed by atoms with Gasteiger partial charge >= 0.3 is 0 Å². The highest BCUT2D eigenvalue weighted by atomic mass is 35.5. The number of rotatable bonds is 2. The molecule has 21 heavy (non-hydrogen) atoms. The molecule has 114 valence electrons. The second-order valence-corrected chi connectivity index (χ2v) is 6.09. The van der Waals surface area contributed by atoms with Gasteiger partial charge in [0.1, 0.15) is 11.0 Å². The van der Waals surface area contributed by atoms with Crippen molar-refractivity contribution in [3.05, 3.63) is 11.2 Å². The highest BCUT2D eigenvalue weighted by Gasteiger charge is 2.30. The van der Waals surface area contributed by atoms with Crippen molar-refractivity contribution < 1.29 is 4.79 Å². The molecule has 0 spiro atoms. The largest absolute Gasteiger partial charge is 0.368 e. The predicted octanol–water partition coefficient (Wildman–Crippen LogP) is 1.55. The predicted molar refractivity (Wildman–Crippen MR) is 82.2 cm³/mol. The molecule has 3 heterocycles. The summed E-state index contributed by atoms with van der Waals surface area (Å²) in [4.78, 5) is 24.6. The maximum absolute atomic E-state index is 12.4. The first kappa shape index (κ1) is 14.4. The molecule has 0 radical (unpaired) electrons. The normalized spacial score (nSPS) is 20.0. The van der Waals surface area contributed by atoms with Gasteiger partial charge in [0.25, 0.3) is 0 Å². The van der Waals surface area contributed by atoms with Gasteiger partial charge in [0, 0.05) is 38.2 Å².